The smallest absolute Gasteiger partial charge is 0.0496 e. The number of benzene rings is 4. The van der Waals surface area contributed by atoms with Gasteiger partial charge in [0.25, 0.3) is 0 Å². The summed E-state index contributed by atoms with van der Waals surface area (Å²) in [5, 5.41) is 11.0. The van der Waals surface area contributed by atoms with Gasteiger partial charge in [-0.25, -0.2) is 0 Å². The van der Waals surface area contributed by atoms with Gasteiger partial charge in [-0.3, -0.25) is 0 Å². The van der Waals surface area contributed by atoms with Crippen molar-refractivity contribution in [2.45, 2.75) is 41.5 Å². The van der Waals surface area contributed by atoms with Crippen molar-refractivity contribution in [1.29, 1.82) is 0 Å². The highest BCUT2D eigenvalue weighted by Gasteiger charge is 2.21. The molecule has 0 fully saturated rings. The van der Waals surface area contributed by atoms with Crippen molar-refractivity contribution in [1.82, 2.24) is 0 Å². The molecule has 0 saturated carbocycles. The zero-order valence-electron chi connectivity index (χ0n) is 27.4. The van der Waals surface area contributed by atoms with Crippen LogP contribution in [0.25, 0.3) is 91.2 Å². The van der Waals surface area contributed by atoms with Crippen molar-refractivity contribution in [3.8, 4) is 29.3 Å². The van der Waals surface area contributed by atoms with E-state index < -0.39 is 0 Å². The number of hydrogen-bond donors (Lipinski definition) is 0. The summed E-state index contributed by atoms with van der Waals surface area (Å²) in [5.74, 6) is 0. The van der Waals surface area contributed by atoms with Gasteiger partial charge in [-0.05, 0) is 145 Å². The summed E-state index contributed by atoms with van der Waals surface area (Å²) in [5.41, 5.74) is 5.58. The highest BCUT2D eigenvalue weighted by atomic mass is 32.1. The Balaban J connectivity index is 1.09. The molecule has 0 saturated heterocycles. The van der Waals surface area contributed by atoms with Crippen molar-refractivity contribution in [2.24, 2.45) is 0 Å². The number of thiophene rings is 6. The van der Waals surface area contributed by atoms with E-state index in [9.17, 15) is 0 Å². The number of aryl methyl sites for hydroxylation is 6. The predicted molar refractivity (Wildman–Crippen MR) is 223 cm³/mol. The second-order valence-corrected chi connectivity index (χ2v) is 19.9. The van der Waals surface area contributed by atoms with Crippen molar-refractivity contribution >= 4 is 130 Å². The van der Waals surface area contributed by atoms with Gasteiger partial charge in [0.05, 0.1) is 0 Å². The lowest BCUT2D eigenvalue weighted by molar-refractivity contribution is 1.55. The second kappa shape index (κ2) is 10.6. The first kappa shape index (κ1) is 29.5. The van der Waals surface area contributed by atoms with Crippen LogP contribution >= 0.6 is 68.0 Å². The van der Waals surface area contributed by atoms with E-state index in [-0.39, 0.29) is 0 Å². The van der Waals surface area contributed by atoms with Crippen molar-refractivity contribution in [3.05, 3.63) is 105 Å². The van der Waals surface area contributed by atoms with E-state index in [4.69, 9.17) is 0 Å². The fourth-order valence-corrected chi connectivity index (χ4v) is 14.8. The van der Waals surface area contributed by atoms with E-state index in [0.29, 0.717) is 0 Å². The quantitative estimate of drug-likeness (QED) is 0.159. The molecular weight excluding hydrogens is 697 g/mol. The lowest BCUT2D eigenvalue weighted by atomic mass is 9.90. The van der Waals surface area contributed by atoms with Crippen molar-refractivity contribution in [2.75, 3.05) is 0 Å². The second-order valence-electron chi connectivity index (χ2n) is 13.1. The topological polar surface area (TPSA) is 0 Å². The predicted octanol–water partition coefficient (Wildman–Crippen LogP) is 15.8. The summed E-state index contributed by atoms with van der Waals surface area (Å²) in [6, 6.07) is 28.3. The molecular formula is C42H30S6. The molecule has 6 heterocycles. The van der Waals surface area contributed by atoms with E-state index in [1.165, 1.54) is 123 Å². The SMILES string of the molecule is Cc1ccc(-c2sc3c(C)c(-c4ccc(-c5cc6c(ccc7c8cc(C)c9c%10cc(C)sc%10ccc9c8cc(C)c67)s5)s4)sc3c2C)s1. The van der Waals surface area contributed by atoms with Crippen LogP contribution in [0.15, 0.2) is 72.8 Å². The molecule has 6 heteroatoms. The third-order valence-corrected chi connectivity index (χ3v) is 17.6. The molecule has 10 rings (SSSR count). The summed E-state index contributed by atoms with van der Waals surface area (Å²) >= 11 is 11.6. The number of fused-ring (bicyclic) bond motifs is 10. The first-order valence-corrected chi connectivity index (χ1v) is 21.1. The van der Waals surface area contributed by atoms with Gasteiger partial charge in [0.1, 0.15) is 0 Å². The zero-order chi connectivity index (χ0) is 32.6. The van der Waals surface area contributed by atoms with Gasteiger partial charge < -0.3 is 0 Å². The van der Waals surface area contributed by atoms with E-state index in [1.54, 1.807) is 0 Å². The number of rotatable bonds is 3. The first-order valence-electron chi connectivity index (χ1n) is 16.2. The Morgan fingerprint density at radius 2 is 0.896 bits per heavy atom. The molecule has 48 heavy (non-hydrogen) atoms. The highest BCUT2D eigenvalue weighted by Crippen LogP contribution is 2.51. The molecule has 234 valence electrons. The maximum atomic E-state index is 2.46. The van der Waals surface area contributed by atoms with Gasteiger partial charge in [0.15, 0.2) is 0 Å². The molecule has 0 spiro atoms. The average molecular weight is 727 g/mol. The maximum Gasteiger partial charge on any atom is 0.0496 e. The van der Waals surface area contributed by atoms with E-state index >= 15 is 0 Å². The van der Waals surface area contributed by atoms with Crippen LogP contribution in [-0.2, 0) is 0 Å². The lowest BCUT2D eigenvalue weighted by Crippen LogP contribution is -1.88. The normalized spacial score (nSPS) is 12.4. The minimum atomic E-state index is 1.35. The highest BCUT2D eigenvalue weighted by molar-refractivity contribution is 7.34. The Hall–Kier alpha value is -3.36. The van der Waals surface area contributed by atoms with Crippen molar-refractivity contribution in [3.63, 3.8) is 0 Å². The molecule has 0 aliphatic heterocycles. The minimum absolute atomic E-state index is 1.35. The van der Waals surface area contributed by atoms with Crippen LogP contribution in [-0.4, -0.2) is 0 Å². The van der Waals surface area contributed by atoms with Crippen LogP contribution in [0.2, 0.25) is 0 Å². The molecule has 0 N–H and O–H groups in total. The van der Waals surface area contributed by atoms with Crippen LogP contribution < -0.4 is 0 Å². The molecule has 0 atom stereocenters. The molecule has 0 nitrogen and oxygen atoms in total. The molecule has 0 aliphatic rings. The third-order valence-electron chi connectivity index (χ3n) is 9.92. The van der Waals surface area contributed by atoms with Gasteiger partial charge in [-0.1, -0.05) is 24.3 Å². The summed E-state index contributed by atoms with van der Waals surface area (Å²) in [6.07, 6.45) is 0. The van der Waals surface area contributed by atoms with Crippen LogP contribution in [0.4, 0.5) is 0 Å². The average Bonchev–Trinajstić information content (AvgIpc) is 3.91. The van der Waals surface area contributed by atoms with Gasteiger partial charge >= 0.3 is 0 Å². The van der Waals surface area contributed by atoms with E-state index in [2.05, 4.69) is 114 Å². The number of hydrogen-bond acceptors (Lipinski definition) is 6. The largest absolute Gasteiger partial charge is 0.141 e. The summed E-state index contributed by atoms with van der Waals surface area (Å²) in [4.78, 5) is 11.1. The molecule has 0 amide bonds. The van der Waals surface area contributed by atoms with Gasteiger partial charge in [0, 0.05) is 68.6 Å². The fraction of sp³-hybridized carbons (Fsp3) is 0.143. The standard InChI is InChI=1S/C42H30S6/c1-19-15-28-26-9-12-32-30(38(26)20(2)16-27(28)25-8-11-31-29(37(19)25)17-22(4)44-31)18-36(45-32)33-13-14-35(46-33)40-24(6)42-41(48-40)23(5)39(47-42)34-10-7-21(3)43-34/h7-18H,1-6H3. The van der Waals surface area contributed by atoms with Crippen molar-refractivity contribution < 1.29 is 0 Å². The summed E-state index contributed by atoms with van der Waals surface area (Å²) < 4.78 is 5.66. The Bertz CT molecular complexity index is 2960. The van der Waals surface area contributed by atoms with Crippen LogP contribution in [0.3, 0.4) is 0 Å². The van der Waals surface area contributed by atoms with Gasteiger partial charge in [-0.15, -0.1) is 68.0 Å². The van der Waals surface area contributed by atoms with Crippen LogP contribution in [0.5, 0.6) is 0 Å². The Morgan fingerprint density at radius 1 is 0.354 bits per heavy atom. The molecule has 10 aromatic rings. The monoisotopic (exact) mass is 726 g/mol. The molecule has 0 bridgehead atoms. The van der Waals surface area contributed by atoms with Crippen LogP contribution in [0.1, 0.15) is 32.0 Å². The van der Waals surface area contributed by atoms with Gasteiger partial charge in [0.2, 0.25) is 0 Å². The van der Waals surface area contributed by atoms with Gasteiger partial charge in [-0.2, -0.15) is 0 Å². The molecule has 4 aromatic carbocycles. The molecule has 0 radical (unpaired) electrons. The lowest BCUT2D eigenvalue weighted by Gasteiger charge is -2.14. The Morgan fingerprint density at radius 3 is 1.50 bits per heavy atom. The summed E-state index contributed by atoms with van der Waals surface area (Å²) in [7, 11) is 0. The maximum absolute atomic E-state index is 2.46. The van der Waals surface area contributed by atoms with E-state index in [1.807, 2.05) is 68.0 Å². The first-order chi connectivity index (χ1) is 23.2. The summed E-state index contributed by atoms with van der Waals surface area (Å²) in [6.45, 7) is 13.6. The molecule has 0 unspecified atom stereocenters. The minimum Gasteiger partial charge on any atom is -0.141 e. The fourth-order valence-electron chi connectivity index (χ4n) is 7.72. The Kier molecular flexibility index (Phi) is 6.51. The third kappa shape index (κ3) is 4.20. The Labute approximate surface area is 303 Å². The zero-order valence-corrected chi connectivity index (χ0v) is 32.3. The molecule has 6 aromatic heterocycles. The van der Waals surface area contributed by atoms with E-state index in [0.717, 1.165) is 0 Å². The molecule has 0 aliphatic carbocycles. The van der Waals surface area contributed by atoms with Crippen LogP contribution in [0, 0.1) is 41.5 Å².